The number of allylic oxidation sites excluding steroid dienone is 1. The quantitative estimate of drug-likeness (QED) is 0.582. The van der Waals surface area contributed by atoms with Gasteiger partial charge in [-0.2, -0.15) is 26.3 Å². The van der Waals surface area contributed by atoms with Crippen LogP contribution in [0.25, 0.3) is 6.08 Å². The summed E-state index contributed by atoms with van der Waals surface area (Å²) in [6.07, 6.45) is -8.39. The summed E-state index contributed by atoms with van der Waals surface area (Å²) in [4.78, 5) is 0. The first-order valence-corrected chi connectivity index (χ1v) is 7.78. The molecule has 0 saturated heterocycles. The second kappa shape index (κ2) is 7.11. The Bertz CT molecular complexity index is 677. The lowest BCUT2D eigenvalue weighted by Crippen LogP contribution is -2.56. The molecule has 0 heterocycles. The first-order valence-electron chi connectivity index (χ1n) is 7.78. The molecule has 9 heteroatoms. The highest BCUT2D eigenvalue weighted by atomic mass is 19.4. The van der Waals surface area contributed by atoms with E-state index in [0.29, 0.717) is 12.5 Å². The van der Waals surface area contributed by atoms with Gasteiger partial charge in [0, 0.05) is 18.2 Å². The SMILES string of the molecule is C/C=C\c1cc(C(OCOC)(C(F)(F)F)C(F)(F)F)c2c(c1O)CCC2. The Morgan fingerprint density at radius 2 is 1.65 bits per heavy atom. The molecular weight excluding hydrogens is 366 g/mol. The van der Waals surface area contributed by atoms with E-state index in [-0.39, 0.29) is 35.3 Å². The molecule has 1 aliphatic rings. The predicted octanol–water partition coefficient (Wildman–Crippen LogP) is 4.85. The van der Waals surface area contributed by atoms with Gasteiger partial charge < -0.3 is 14.6 Å². The largest absolute Gasteiger partial charge is 0.507 e. The molecule has 0 saturated carbocycles. The Morgan fingerprint density at radius 1 is 1.08 bits per heavy atom. The average Bonchev–Trinajstić information content (AvgIpc) is 2.99. The van der Waals surface area contributed by atoms with Crippen molar-refractivity contribution in [2.75, 3.05) is 13.9 Å². The van der Waals surface area contributed by atoms with Crippen molar-refractivity contribution in [3.63, 3.8) is 0 Å². The molecule has 3 nitrogen and oxygen atoms in total. The molecule has 1 aliphatic carbocycles. The highest BCUT2D eigenvalue weighted by Crippen LogP contribution is 2.56. The first-order chi connectivity index (χ1) is 12.0. The molecule has 0 radical (unpaired) electrons. The second-order valence-electron chi connectivity index (χ2n) is 5.90. The minimum absolute atomic E-state index is 0.0153. The van der Waals surface area contributed by atoms with Gasteiger partial charge in [-0.15, -0.1) is 0 Å². The van der Waals surface area contributed by atoms with Gasteiger partial charge in [-0.25, -0.2) is 0 Å². The molecule has 2 rings (SSSR count). The summed E-state index contributed by atoms with van der Waals surface area (Å²) in [7, 11) is 0.935. The van der Waals surface area contributed by atoms with Crippen LogP contribution in [0, 0.1) is 0 Å². The zero-order chi connectivity index (χ0) is 19.8. The van der Waals surface area contributed by atoms with Gasteiger partial charge in [0.1, 0.15) is 12.5 Å². The maximum atomic E-state index is 13.8. The van der Waals surface area contributed by atoms with Gasteiger partial charge in [0.05, 0.1) is 0 Å². The van der Waals surface area contributed by atoms with Crippen LogP contribution < -0.4 is 0 Å². The van der Waals surface area contributed by atoms with Crippen molar-refractivity contribution in [1.82, 2.24) is 0 Å². The van der Waals surface area contributed by atoms with Crippen molar-refractivity contribution in [3.05, 3.63) is 34.4 Å². The van der Waals surface area contributed by atoms with E-state index >= 15 is 0 Å². The third-order valence-electron chi connectivity index (χ3n) is 4.32. The van der Waals surface area contributed by atoms with Gasteiger partial charge in [-0.3, -0.25) is 0 Å². The molecule has 1 aromatic carbocycles. The minimum Gasteiger partial charge on any atom is -0.507 e. The van der Waals surface area contributed by atoms with Crippen molar-refractivity contribution in [1.29, 1.82) is 0 Å². The van der Waals surface area contributed by atoms with Crippen LogP contribution in [0.2, 0.25) is 0 Å². The van der Waals surface area contributed by atoms with Gasteiger partial charge in [-0.05, 0) is 43.4 Å². The third-order valence-corrected chi connectivity index (χ3v) is 4.32. The Labute approximate surface area is 146 Å². The average molecular weight is 384 g/mol. The summed E-state index contributed by atoms with van der Waals surface area (Å²) in [6, 6.07) is 0.704. The molecule has 0 unspecified atom stereocenters. The zero-order valence-electron chi connectivity index (χ0n) is 14.1. The van der Waals surface area contributed by atoms with Crippen LogP contribution in [0.5, 0.6) is 5.75 Å². The molecule has 1 N–H and O–H groups in total. The van der Waals surface area contributed by atoms with E-state index < -0.39 is 30.3 Å². The molecular formula is C17H18F6O3. The molecule has 1 aromatic rings. The standard InChI is InChI=1S/C17H18F6O3/c1-3-5-10-8-13(11-6-4-7-12(11)14(10)24)15(16(18,19)20,17(21,22)23)26-9-25-2/h3,5,8,24H,4,6-7,9H2,1-2H3/b5-3-. The van der Waals surface area contributed by atoms with E-state index in [2.05, 4.69) is 9.47 Å². The summed E-state index contributed by atoms with van der Waals surface area (Å²) in [6.45, 7) is 0.335. The number of methoxy groups -OCH3 is 1. The van der Waals surface area contributed by atoms with Crippen LogP contribution >= 0.6 is 0 Å². The van der Waals surface area contributed by atoms with Crippen LogP contribution in [0.4, 0.5) is 26.3 Å². The topological polar surface area (TPSA) is 38.7 Å². The van der Waals surface area contributed by atoms with Crippen LogP contribution in [0.1, 0.15) is 35.6 Å². The van der Waals surface area contributed by atoms with Gasteiger partial charge >= 0.3 is 12.4 Å². The minimum atomic E-state index is -5.79. The fraction of sp³-hybridized carbons (Fsp3) is 0.529. The number of benzene rings is 1. The molecule has 0 bridgehead atoms. The van der Waals surface area contributed by atoms with E-state index in [1.807, 2.05) is 0 Å². The second-order valence-corrected chi connectivity index (χ2v) is 5.90. The predicted molar refractivity (Wildman–Crippen MR) is 81.6 cm³/mol. The molecule has 0 spiro atoms. The van der Waals surface area contributed by atoms with Crippen molar-refractivity contribution >= 4 is 6.08 Å². The first kappa shape index (κ1) is 20.6. The number of halogens is 6. The van der Waals surface area contributed by atoms with Gasteiger partial charge in [-0.1, -0.05) is 12.2 Å². The maximum absolute atomic E-state index is 13.8. The fourth-order valence-corrected chi connectivity index (χ4v) is 3.26. The van der Waals surface area contributed by atoms with Crippen molar-refractivity contribution < 1.29 is 40.9 Å². The summed E-state index contributed by atoms with van der Waals surface area (Å²) in [5.41, 5.74) is -5.81. The third kappa shape index (κ3) is 3.18. The monoisotopic (exact) mass is 384 g/mol. The highest BCUT2D eigenvalue weighted by Gasteiger charge is 2.74. The fourth-order valence-electron chi connectivity index (χ4n) is 3.26. The normalized spacial score (nSPS) is 15.7. The molecule has 0 atom stereocenters. The van der Waals surface area contributed by atoms with Crippen LogP contribution in [-0.2, 0) is 27.9 Å². The molecule has 26 heavy (non-hydrogen) atoms. The maximum Gasteiger partial charge on any atom is 0.430 e. The lowest BCUT2D eigenvalue weighted by Gasteiger charge is -2.38. The number of ether oxygens (including phenoxy) is 2. The Balaban J connectivity index is 2.89. The van der Waals surface area contributed by atoms with Gasteiger partial charge in [0.2, 0.25) is 0 Å². The van der Waals surface area contributed by atoms with Crippen LogP contribution in [0.3, 0.4) is 0 Å². The molecule has 0 aromatic heterocycles. The van der Waals surface area contributed by atoms with Gasteiger partial charge in [0.15, 0.2) is 0 Å². The van der Waals surface area contributed by atoms with E-state index in [1.54, 1.807) is 0 Å². The lowest BCUT2D eigenvalue weighted by molar-refractivity contribution is -0.400. The lowest BCUT2D eigenvalue weighted by atomic mass is 9.84. The molecule has 0 amide bonds. The smallest absolute Gasteiger partial charge is 0.430 e. The molecule has 146 valence electrons. The Morgan fingerprint density at radius 3 is 2.15 bits per heavy atom. The zero-order valence-corrected chi connectivity index (χ0v) is 14.1. The number of aromatic hydroxyl groups is 1. The van der Waals surface area contributed by atoms with Crippen molar-refractivity contribution in [3.8, 4) is 5.75 Å². The summed E-state index contributed by atoms with van der Waals surface area (Å²) < 4.78 is 91.4. The number of hydrogen-bond donors (Lipinski definition) is 1. The number of hydrogen-bond acceptors (Lipinski definition) is 3. The van der Waals surface area contributed by atoms with E-state index in [1.165, 1.54) is 19.1 Å². The molecule has 0 aliphatic heterocycles. The van der Waals surface area contributed by atoms with Crippen LogP contribution in [0.15, 0.2) is 12.1 Å². The van der Waals surface area contributed by atoms with E-state index in [0.717, 1.165) is 7.11 Å². The van der Waals surface area contributed by atoms with E-state index in [9.17, 15) is 31.4 Å². The van der Waals surface area contributed by atoms with Crippen LogP contribution in [-0.4, -0.2) is 31.4 Å². The number of fused-ring (bicyclic) bond motifs is 1. The van der Waals surface area contributed by atoms with Crippen molar-refractivity contribution in [2.45, 2.75) is 44.1 Å². The molecule has 0 fully saturated rings. The Hall–Kier alpha value is -1.74. The summed E-state index contributed by atoms with van der Waals surface area (Å²) >= 11 is 0. The summed E-state index contributed by atoms with van der Waals surface area (Å²) in [5.74, 6) is -0.302. The summed E-state index contributed by atoms with van der Waals surface area (Å²) in [5, 5.41) is 10.2. The van der Waals surface area contributed by atoms with E-state index in [4.69, 9.17) is 0 Å². The number of phenols is 1. The number of rotatable bonds is 5. The Kier molecular flexibility index (Phi) is 5.63. The van der Waals surface area contributed by atoms with Gasteiger partial charge in [0.25, 0.3) is 5.60 Å². The highest BCUT2D eigenvalue weighted by molar-refractivity contribution is 5.65. The number of alkyl halides is 6. The van der Waals surface area contributed by atoms with Crippen molar-refractivity contribution in [2.24, 2.45) is 0 Å². The number of phenolic OH excluding ortho intramolecular Hbond substituents is 1.